The zero-order chi connectivity index (χ0) is 29.1. The Kier molecular flexibility index (Phi) is 11.0. The summed E-state index contributed by atoms with van der Waals surface area (Å²) in [4.78, 5) is 38.3. The second-order valence-corrected chi connectivity index (χ2v) is 9.95. The minimum Gasteiger partial charge on any atom is -0.380 e. The molecule has 1 aliphatic rings. The van der Waals surface area contributed by atoms with Crippen LogP contribution in [-0.4, -0.2) is 91.1 Å². The molecule has 1 saturated heterocycles. The van der Waals surface area contributed by atoms with Crippen molar-refractivity contribution in [3.05, 3.63) is 54.0 Å². The number of hydrogen-bond donors (Lipinski definition) is 3. The first-order chi connectivity index (χ1) is 19.2. The van der Waals surface area contributed by atoms with Crippen LogP contribution in [0.1, 0.15) is 31.7 Å². The summed E-state index contributed by atoms with van der Waals surface area (Å²) in [5.74, 6) is 6.25. The zero-order valence-electron chi connectivity index (χ0n) is 23.8. The highest BCUT2D eigenvalue weighted by atomic mass is 19.1. The summed E-state index contributed by atoms with van der Waals surface area (Å²) in [5, 5.41) is 8.93. The number of hydrogen-bond acceptors (Lipinski definition) is 8. The van der Waals surface area contributed by atoms with E-state index in [1.807, 2.05) is 19.0 Å². The van der Waals surface area contributed by atoms with Gasteiger partial charge in [-0.2, -0.15) is 4.98 Å². The Morgan fingerprint density at radius 3 is 2.85 bits per heavy atom. The molecule has 10 nitrogen and oxygen atoms in total. The van der Waals surface area contributed by atoms with Crippen molar-refractivity contribution in [3.63, 3.8) is 0 Å². The summed E-state index contributed by atoms with van der Waals surface area (Å²) in [6.45, 7) is 3.20. The highest BCUT2D eigenvalue weighted by Gasteiger charge is 2.49. The molecule has 11 heteroatoms. The Labute approximate surface area is 235 Å². The first kappa shape index (κ1) is 30.5. The first-order valence-electron chi connectivity index (χ1n) is 13.2. The van der Waals surface area contributed by atoms with Crippen molar-refractivity contribution < 1.29 is 18.7 Å². The number of rotatable bonds is 11. The maximum atomic E-state index is 13.4. The molecular formula is C29H38FN7O3. The summed E-state index contributed by atoms with van der Waals surface area (Å²) in [5.41, 5.74) is 0.170. The van der Waals surface area contributed by atoms with E-state index >= 15 is 0 Å². The van der Waals surface area contributed by atoms with Crippen molar-refractivity contribution in [1.82, 2.24) is 25.1 Å². The molecule has 1 aromatic carbocycles. The van der Waals surface area contributed by atoms with Crippen molar-refractivity contribution >= 4 is 29.3 Å². The van der Waals surface area contributed by atoms with E-state index in [9.17, 15) is 14.0 Å². The number of benzene rings is 1. The lowest BCUT2D eigenvalue weighted by atomic mass is 9.96. The van der Waals surface area contributed by atoms with Crippen LogP contribution in [0.3, 0.4) is 0 Å². The van der Waals surface area contributed by atoms with Crippen LogP contribution in [0, 0.1) is 17.7 Å². The number of aromatic nitrogens is 2. The molecule has 0 unspecified atom stereocenters. The van der Waals surface area contributed by atoms with Gasteiger partial charge >= 0.3 is 0 Å². The van der Waals surface area contributed by atoms with Crippen LogP contribution in [0.5, 0.6) is 0 Å². The number of halogens is 1. The molecule has 2 atom stereocenters. The third-order valence-corrected chi connectivity index (χ3v) is 6.52. The van der Waals surface area contributed by atoms with Crippen LogP contribution in [0.2, 0.25) is 0 Å². The monoisotopic (exact) mass is 551 g/mol. The second-order valence-electron chi connectivity index (χ2n) is 9.95. The van der Waals surface area contributed by atoms with Gasteiger partial charge in [-0.05, 0) is 45.6 Å². The lowest BCUT2D eigenvalue weighted by Gasteiger charge is -2.32. The zero-order valence-corrected chi connectivity index (χ0v) is 23.8. The van der Waals surface area contributed by atoms with E-state index in [-0.39, 0.29) is 23.7 Å². The van der Waals surface area contributed by atoms with Gasteiger partial charge in [-0.1, -0.05) is 24.0 Å². The molecular weight excluding hydrogens is 513 g/mol. The summed E-state index contributed by atoms with van der Waals surface area (Å²) in [7, 11) is 7.17. The maximum Gasteiger partial charge on any atom is 0.247 e. The Bertz CT molecular complexity index is 1270. The standard InChI is InChI=1S/C29H38FN7O3/c1-29(18-24(40-5)20-37(29)25(38)14-10-16-36(3)4)27(39)32-15-8-6-7-11-21-19-33-28(35-26(21)31-2)34-23-13-9-12-22(30)17-23/h9-10,12-14,17,19,24H,6,8,15-16,18,20H2,1-5H3,(H,32,39)(H2,31,33,34,35)/b14-10+/t24-,29-/m0/s1. The lowest BCUT2D eigenvalue weighted by molar-refractivity contribution is -0.141. The number of nitrogens with zero attached hydrogens (tertiary/aromatic N) is 4. The number of methoxy groups -OCH3 is 1. The highest BCUT2D eigenvalue weighted by Crippen LogP contribution is 2.31. The van der Waals surface area contributed by atoms with Gasteiger partial charge in [-0.15, -0.1) is 0 Å². The summed E-state index contributed by atoms with van der Waals surface area (Å²) in [6.07, 6.45) is 6.31. The Morgan fingerprint density at radius 1 is 1.35 bits per heavy atom. The molecule has 1 aliphatic heterocycles. The summed E-state index contributed by atoms with van der Waals surface area (Å²) >= 11 is 0. The van der Waals surface area contributed by atoms with Crippen molar-refractivity contribution in [3.8, 4) is 11.8 Å². The van der Waals surface area contributed by atoms with Gasteiger partial charge in [0, 0.05) is 58.4 Å². The molecule has 3 N–H and O–H groups in total. The van der Waals surface area contributed by atoms with Crippen LogP contribution >= 0.6 is 0 Å². The smallest absolute Gasteiger partial charge is 0.247 e. The van der Waals surface area contributed by atoms with Gasteiger partial charge in [-0.3, -0.25) is 9.59 Å². The minimum atomic E-state index is -0.994. The van der Waals surface area contributed by atoms with E-state index in [1.54, 1.807) is 50.4 Å². The number of nitrogens with one attached hydrogen (secondary N) is 3. The van der Waals surface area contributed by atoms with Gasteiger partial charge in [0.2, 0.25) is 17.8 Å². The number of anilines is 3. The quantitative estimate of drug-likeness (QED) is 0.222. The second kappa shape index (κ2) is 14.4. The molecule has 3 rings (SSSR count). The third kappa shape index (κ3) is 8.24. The number of unbranched alkanes of at least 4 members (excludes halogenated alkanes) is 1. The SMILES string of the molecule is CNc1nc(Nc2cccc(F)c2)ncc1C#CCCCNC(=O)[C@]1(C)C[C@H](OC)CN1C(=O)/C=C/CN(C)C. The fourth-order valence-electron chi connectivity index (χ4n) is 4.33. The number of likely N-dealkylation sites (tertiary alicyclic amines) is 1. The number of amides is 2. The van der Waals surface area contributed by atoms with E-state index in [0.717, 1.165) is 0 Å². The average Bonchev–Trinajstić information content (AvgIpc) is 3.28. The van der Waals surface area contributed by atoms with Crippen molar-refractivity contribution in [2.45, 2.75) is 37.8 Å². The lowest BCUT2D eigenvalue weighted by Crippen LogP contribution is -2.55. The predicted octanol–water partition coefficient (Wildman–Crippen LogP) is 2.77. The minimum absolute atomic E-state index is 0.202. The molecule has 40 heavy (non-hydrogen) atoms. The van der Waals surface area contributed by atoms with E-state index in [1.165, 1.54) is 18.2 Å². The number of carbonyl (C=O) groups is 2. The molecule has 1 aromatic heterocycles. The van der Waals surface area contributed by atoms with E-state index in [0.29, 0.717) is 61.9 Å². The van der Waals surface area contributed by atoms with Crippen LogP contribution in [0.25, 0.3) is 0 Å². The molecule has 0 saturated carbocycles. The van der Waals surface area contributed by atoms with Gasteiger partial charge in [0.05, 0.1) is 17.9 Å². The normalized spacial score (nSPS) is 18.5. The fraction of sp³-hybridized carbons (Fsp3) is 0.448. The topological polar surface area (TPSA) is 112 Å². The number of carbonyl (C=O) groups excluding carboxylic acids is 2. The Balaban J connectivity index is 1.53. The largest absolute Gasteiger partial charge is 0.380 e. The van der Waals surface area contributed by atoms with Crippen molar-refractivity contribution in [1.29, 1.82) is 0 Å². The van der Waals surface area contributed by atoms with Crippen LogP contribution in [0.15, 0.2) is 42.6 Å². The predicted molar refractivity (Wildman–Crippen MR) is 154 cm³/mol. The molecule has 0 bridgehead atoms. The molecule has 1 fully saturated rings. The molecule has 0 radical (unpaired) electrons. The van der Waals surface area contributed by atoms with Gasteiger partial charge in [0.25, 0.3) is 0 Å². The molecule has 2 heterocycles. The number of likely N-dealkylation sites (N-methyl/N-ethyl adjacent to an activating group) is 1. The van der Waals surface area contributed by atoms with Crippen molar-refractivity contribution in [2.75, 3.05) is 58.5 Å². The van der Waals surface area contributed by atoms with Gasteiger partial charge in [0.1, 0.15) is 17.2 Å². The molecule has 0 spiro atoms. The van der Waals surface area contributed by atoms with E-state index < -0.39 is 5.54 Å². The summed E-state index contributed by atoms with van der Waals surface area (Å²) < 4.78 is 18.9. The van der Waals surface area contributed by atoms with Crippen LogP contribution in [-0.2, 0) is 14.3 Å². The average molecular weight is 552 g/mol. The Morgan fingerprint density at radius 2 is 2.15 bits per heavy atom. The Hall–Kier alpha value is -4.01. The molecule has 2 amide bonds. The first-order valence-corrected chi connectivity index (χ1v) is 13.2. The van der Waals surface area contributed by atoms with Crippen molar-refractivity contribution in [2.24, 2.45) is 0 Å². The van der Waals surface area contributed by atoms with Crippen LogP contribution < -0.4 is 16.0 Å². The number of ether oxygens (including phenoxy) is 1. The van der Waals surface area contributed by atoms with Gasteiger partial charge in [-0.25, -0.2) is 9.37 Å². The molecule has 0 aliphatic carbocycles. The van der Waals surface area contributed by atoms with Crippen LogP contribution in [0.4, 0.5) is 21.8 Å². The van der Waals surface area contributed by atoms with Gasteiger partial charge < -0.3 is 30.5 Å². The maximum absolute atomic E-state index is 13.4. The summed E-state index contributed by atoms with van der Waals surface area (Å²) in [6, 6.07) is 6.04. The van der Waals surface area contributed by atoms with E-state index in [2.05, 4.69) is 37.8 Å². The fourth-order valence-corrected chi connectivity index (χ4v) is 4.33. The van der Waals surface area contributed by atoms with E-state index in [4.69, 9.17) is 4.74 Å². The molecule has 2 aromatic rings. The highest BCUT2D eigenvalue weighted by molar-refractivity contribution is 5.96. The van der Waals surface area contributed by atoms with Gasteiger partial charge in [0.15, 0.2) is 0 Å². The third-order valence-electron chi connectivity index (χ3n) is 6.52. The molecule has 214 valence electrons.